The Bertz CT molecular complexity index is 856. The van der Waals surface area contributed by atoms with Gasteiger partial charge in [-0.3, -0.25) is 4.98 Å². The SMILES string of the molecule is C/C=C(C)\C(=N/C(C)Cl)Nc1ccc(N)c(CCc2cncc(N)c2)c1.C=CC. The van der Waals surface area contributed by atoms with Crippen LogP contribution in [-0.4, -0.2) is 16.3 Å². The second-order valence-electron chi connectivity index (χ2n) is 6.60. The summed E-state index contributed by atoms with van der Waals surface area (Å²) in [6.45, 7) is 11.1. The van der Waals surface area contributed by atoms with E-state index in [9.17, 15) is 0 Å². The molecule has 0 spiro atoms. The Morgan fingerprint density at radius 2 is 1.93 bits per heavy atom. The average Bonchev–Trinajstić information content (AvgIpc) is 2.67. The number of amidine groups is 1. The van der Waals surface area contributed by atoms with E-state index in [1.165, 1.54) is 0 Å². The zero-order valence-electron chi connectivity index (χ0n) is 17.7. The summed E-state index contributed by atoms with van der Waals surface area (Å²) in [6.07, 6.45) is 8.84. The van der Waals surface area contributed by atoms with Crippen LogP contribution in [0.15, 0.2) is 66.0 Å². The Labute approximate surface area is 179 Å². The van der Waals surface area contributed by atoms with Gasteiger partial charge in [0.15, 0.2) is 0 Å². The largest absolute Gasteiger partial charge is 0.399 e. The first-order valence-electron chi connectivity index (χ1n) is 9.57. The summed E-state index contributed by atoms with van der Waals surface area (Å²) in [4.78, 5) is 8.58. The molecule has 0 aliphatic carbocycles. The molecule has 5 N–H and O–H groups in total. The van der Waals surface area contributed by atoms with E-state index in [1.807, 2.05) is 64.2 Å². The number of alkyl halides is 1. The molecule has 0 fully saturated rings. The monoisotopic (exact) mass is 413 g/mol. The number of nitrogens with zero attached hydrogens (tertiary/aromatic N) is 2. The predicted molar refractivity (Wildman–Crippen MR) is 129 cm³/mol. The minimum Gasteiger partial charge on any atom is -0.399 e. The van der Waals surface area contributed by atoms with Crippen LogP contribution in [0.5, 0.6) is 0 Å². The Morgan fingerprint density at radius 3 is 2.52 bits per heavy atom. The molecule has 156 valence electrons. The molecule has 0 bridgehead atoms. The highest BCUT2D eigenvalue weighted by molar-refractivity contribution is 6.21. The number of aromatic nitrogens is 1. The number of hydrogen-bond donors (Lipinski definition) is 3. The van der Waals surface area contributed by atoms with Crippen LogP contribution in [0.25, 0.3) is 0 Å². The van der Waals surface area contributed by atoms with Crippen molar-refractivity contribution < 1.29 is 0 Å². The Kier molecular flexibility index (Phi) is 10.6. The Balaban J connectivity index is 0.00000132. The lowest BCUT2D eigenvalue weighted by molar-refractivity contribution is 0.953. The zero-order valence-corrected chi connectivity index (χ0v) is 18.5. The van der Waals surface area contributed by atoms with Crippen molar-refractivity contribution in [2.24, 2.45) is 4.99 Å². The van der Waals surface area contributed by atoms with Gasteiger partial charge in [0.05, 0.1) is 5.69 Å². The van der Waals surface area contributed by atoms with Crippen LogP contribution >= 0.6 is 11.6 Å². The van der Waals surface area contributed by atoms with Gasteiger partial charge < -0.3 is 16.8 Å². The number of allylic oxidation sites excluding steroid dienone is 2. The topological polar surface area (TPSA) is 89.3 Å². The van der Waals surface area contributed by atoms with E-state index in [4.69, 9.17) is 23.1 Å². The summed E-state index contributed by atoms with van der Waals surface area (Å²) in [5.74, 6) is 0.755. The number of pyridine rings is 1. The molecule has 0 amide bonds. The molecule has 5 nitrogen and oxygen atoms in total. The highest BCUT2D eigenvalue weighted by Crippen LogP contribution is 2.21. The summed E-state index contributed by atoms with van der Waals surface area (Å²) < 4.78 is 0. The summed E-state index contributed by atoms with van der Waals surface area (Å²) >= 11 is 6.04. The summed E-state index contributed by atoms with van der Waals surface area (Å²) in [6, 6.07) is 7.83. The molecule has 2 rings (SSSR count). The number of aliphatic imine (C=N–C) groups is 1. The number of halogens is 1. The number of aryl methyl sites for hydroxylation is 2. The van der Waals surface area contributed by atoms with Crippen molar-refractivity contribution in [3.05, 3.63) is 72.1 Å². The molecule has 6 heteroatoms. The van der Waals surface area contributed by atoms with Crippen molar-refractivity contribution in [3.8, 4) is 0 Å². The van der Waals surface area contributed by atoms with Crippen molar-refractivity contribution in [2.45, 2.75) is 46.0 Å². The van der Waals surface area contributed by atoms with E-state index >= 15 is 0 Å². The molecule has 1 unspecified atom stereocenters. The van der Waals surface area contributed by atoms with Crippen LogP contribution in [0.1, 0.15) is 38.8 Å². The van der Waals surface area contributed by atoms with Crippen molar-refractivity contribution in [1.29, 1.82) is 0 Å². The first-order valence-corrected chi connectivity index (χ1v) is 10.0. The molecule has 1 aromatic carbocycles. The number of anilines is 3. The summed E-state index contributed by atoms with van der Waals surface area (Å²) in [5, 5.41) is 3.35. The van der Waals surface area contributed by atoms with Crippen LogP contribution in [0.2, 0.25) is 0 Å². The highest BCUT2D eigenvalue weighted by Gasteiger charge is 2.07. The molecular formula is C23H32ClN5. The maximum Gasteiger partial charge on any atom is 0.129 e. The number of hydrogen-bond acceptors (Lipinski definition) is 4. The third-order valence-electron chi connectivity index (χ3n) is 4.02. The lowest BCUT2D eigenvalue weighted by Crippen LogP contribution is -2.15. The van der Waals surface area contributed by atoms with Crippen molar-refractivity contribution in [2.75, 3.05) is 16.8 Å². The normalized spacial score (nSPS) is 12.6. The van der Waals surface area contributed by atoms with Crippen LogP contribution in [-0.2, 0) is 12.8 Å². The Morgan fingerprint density at radius 1 is 1.24 bits per heavy atom. The molecular weight excluding hydrogens is 382 g/mol. The number of nitrogens with two attached hydrogens (primary N) is 2. The van der Waals surface area contributed by atoms with Gasteiger partial charge in [0.25, 0.3) is 0 Å². The van der Waals surface area contributed by atoms with Gasteiger partial charge in [-0.25, -0.2) is 4.99 Å². The summed E-state index contributed by atoms with van der Waals surface area (Å²) in [5.41, 5.74) is 17.2. The number of benzene rings is 1. The minimum absolute atomic E-state index is 0.309. The average molecular weight is 414 g/mol. The van der Waals surface area contributed by atoms with Crippen molar-refractivity contribution >= 4 is 34.5 Å². The van der Waals surface area contributed by atoms with E-state index in [1.54, 1.807) is 12.3 Å². The quantitative estimate of drug-likeness (QED) is 0.144. The standard InChI is InChI=1S/C20H26ClN5.C3H6/c1-4-13(2)20(25-14(3)21)26-18-7-8-19(23)16(10-18)6-5-15-9-17(22)12-24-11-15;1-3-2/h4,7-12,14H,5-6,22-23H2,1-3H3,(H,25,26);3H,1H2,2H3/b13-4-;. The number of nitrogen functional groups attached to an aromatic ring is 2. The lowest BCUT2D eigenvalue weighted by Gasteiger charge is -2.14. The summed E-state index contributed by atoms with van der Waals surface area (Å²) in [7, 11) is 0. The zero-order chi connectivity index (χ0) is 21.8. The second-order valence-corrected chi connectivity index (χ2v) is 7.23. The molecule has 1 atom stereocenters. The fourth-order valence-electron chi connectivity index (χ4n) is 2.51. The molecule has 1 heterocycles. The van der Waals surface area contributed by atoms with E-state index in [-0.39, 0.29) is 5.50 Å². The molecule has 0 radical (unpaired) electrons. The van der Waals surface area contributed by atoms with Crippen LogP contribution < -0.4 is 16.8 Å². The third-order valence-corrected chi connectivity index (χ3v) is 4.12. The lowest BCUT2D eigenvalue weighted by atomic mass is 10.0. The van der Waals surface area contributed by atoms with Gasteiger partial charge in [-0.1, -0.05) is 23.8 Å². The Hall–Kier alpha value is -2.79. The maximum atomic E-state index is 6.15. The third kappa shape index (κ3) is 8.83. The van der Waals surface area contributed by atoms with Gasteiger partial charge in [-0.2, -0.15) is 0 Å². The van der Waals surface area contributed by atoms with Gasteiger partial charge in [0.2, 0.25) is 0 Å². The predicted octanol–water partition coefficient (Wildman–Crippen LogP) is 5.58. The van der Waals surface area contributed by atoms with E-state index in [0.717, 1.165) is 46.8 Å². The fourth-order valence-corrected chi connectivity index (χ4v) is 2.61. The maximum absolute atomic E-state index is 6.15. The molecule has 29 heavy (non-hydrogen) atoms. The smallest absolute Gasteiger partial charge is 0.129 e. The van der Waals surface area contributed by atoms with Crippen LogP contribution in [0.3, 0.4) is 0 Å². The molecule has 0 saturated heterocycles. The van der Waals surface area contributed by atoms with E-state index in [2.05, 4.69) is 21.9 Å². The van der Waals surface area contributed by atoms with Crippen LogP contribution in [0.4, 0.5) is 17.1 Å². The van der Waals surface area contributed by atoms with Gasteiger partial charge >= 0.3 is 0 Å². The molecule has 1 aromatic heterocycles. The molecule has 0 saturated carbocycles. The molecule has 0 aliphatic rings. The van der Waals surface area contributed by atoms with Gasteiger partial charge in [-0.15, -0.1) is 6.58 Å². The first kappa shape index (κ1) is 24.2. The van der Waals surface area contributed by atoms with Gasteiger partial charge in [0, 0.05) is 23.8 Å². The van der Waals surface area contributed by atoms with E-state index < -0.39 is 0 Å². The second kappa shape index (κ2) is 12.6. The molecule has 0 aliphatic heterocycles. The van der Waals surface area contributed by atoms with Gasteiger partial charge in [0.1, 0.15) is 11.3 Å². The highest BCUT2D eigenvalue weighted by atomic mass is 35.5. The number of nitrogens with one attached hydrogen (secondary N) is 1. The minimum atomic E-state index is -0.309. The fraction of sp³-hybridized carbons (Fsp3) is 0.304. The van der Waals surface area contributed by atoms with Gasteiger partial charge in [-0.05, 0) is 81.5 Å². The van der Waals surface area contributed by atoms with E-state index in [0.29, 0.717) is 5.69 Å². The van der Waals surface area contributed by atoms with Crippen molar-refractivity contribution in [3.63, 3.8) is 0 Å². The van der Waals surface area contributed by atoms with Crippen LogP contribution in [0, 0.1) is 0 Å². The molecule has 2 aromatic rings. The first-order chi connectivity index (χ1) is 13.8. The van der Waals surface area contributed by atoms with Crippen molar-refractivity contribution in [1.82, 2.24) is 4.98 Å². The number of rotatable bonds is 6.